The van der Waals surface area contributed by atoms with E-state index in [4.69, 9.17) is 19.9 Å². The van der Waals surface area contributed by atoms with Crippen LogP contribution in [0.2, 0.25) is 0 Å². The van der Waals surface area contributed by atoms with Crippen molar-refractivity contribution in [3.63, 3.8) is 0 Å². The number of ether oxygens (including phenoxy) is 3. The van der Waals surface area contributed by atoms with Gasteiger partial charge in [-0.05, 0) is 5.56 Å². The van der Waals surface area contributed by atoms with Gasteiger partial charge in [0.2, 0.25) is 11.8 Å². The van der Waals surface area contributed by atoms with Gasteiger partial charge in [-0.25, -0.2) is 0 Å². The molecule has 1 aromatic carbocycles. The van der Waals surface area contributed by atoms with Gasteiger partial charge in [0, 0.05) is 24.1 Å². The van der Waals surface area contributed by atoms with Gasteiger partial charge < -0.3 is 19.9 Å². The molecule has 124 valence electrons. The lowest BCUT2D eigenvalue weighted by Gasteiger charge is -2.10. The number of methoxy groups -OCH3 is 3. The number of hydrogen-bond acceptors (Lipinski definition) is 7. The molecule has 0 saturated carbocycles. The number of nitrogen functional groups attached to an aromatic ring is 1. The molecule has 0 spiro atoms. The van der Waals surface area contributed by atoms with Crippen LogP contribution in [0.3, 0.4) is 0 Å². The summed E-state index contributed by atoms with van der Waals surface area (Å²) in [6, 6.07) is 7.64. The molecule has 2 rings (SSSR count). The molecule has 0 amide bonds. The first-order chi connectivity index (χ1) is 11.2. The summed E-state index contributed by atoms with van der Waals surface area (Å²) < 4.78 is 15.5. The zero-order valence-corrected chi connectivity index (χ0v) is 14.4. The third kappa shape index (κ3) is 4.74. The van der Waals surface area contributed by atoms with Crippen LogP contribution in [0.15, 0.2) is 24.3 Å². The van der Waals surface area contributed by atoms with Crippen molar-refractivity contribution in [2.45, 2.75) is 18.1 Å². The van der Waals surface area contributed by atoms with Crippen molar-refractivity contribution >= 4 is 17.4 Å². The SMILES string of the molecule is COCc1cccc(CSCc2nc(OC)cc(OC)n2)c1N. The third-order valence-electron chi connectivity index (χ3n) is 3.22. The summed E-state index contributed by atoms with van der Waals surface area (Å²) in [6.45, 7) is 0.514. The highest BCUT2D eigenvalue weighted by Crippen LogP contribution is 2.25. The number of para-hydroxylation sites is 1. The second kappa shape index (κ2) is 8.59. The lowest BCUT2D eigenvalue weighted by molar-refractivity contribution is 0.185. The predicted molar refractivity (Wildman–Crippen MR) is 91.7 cm³/mol. The summed E-state index contributed by atoms with van der Waals surface area (Å²) in [7, 11) is 4.80. The van der Waals surface area contributed by atoms with Crippen LogP contribution in [0.1, 0.15) is 17.0 Å². The molecule has 0 aliphatic rings. The summed E-state index contributed by atoms with van der Waals surface area (Å²) in [5.74, 6) is 3.06. The van der Waals surface area contributed by atoms with Crippen LogP contribution >= 0.6 is 11.8 Å². The number of nitrogens with zero attached hydrogens (tertiary/aromatic N) is 2. The summed E-state index contributed by atoms with van der Waals surface area (Å²) in [4.78, 5) is 8.63. The Balaban J connectivity index is 2.01. The fourth-order valence-corrected chi connectivity index (χ4v) is 2.93. The number of nitrogens with two attached hydrogens (primary N) is 1. The van der Waals surface area contributed by atoms with E-state index in [1.54, 1.807) is 39.2 Å². The number of thioether (sulfide) groups is 1. The van der Waals surface area contributed by atoms with Crippen molar-refractivity contribution in [1.29, 1.82) is 0 Å². The molecule has 2 N–H and O–H groups in total. The average molecular weight is 335 g/mol. The molecule has 6 nitrogen and oxygen atoms in total. The summed E-state index contributed by atoms with van der Waals surface area (Å²) in [6.07, 6.45) is 0. The number of anilines is 1. The van der Waals surface area contributed by atoms with E-state index < -0.39 is 0 Å². The molecule has 0 aliphatic carbocycles. The fraction of sp³-hybridized carbons (Fsp3) is 0.375. The summed E-state index contributed by atoms with van der Waals surface area (Å²) >= 11 is 1.68. The number of rotatable bonds is 8. The number of benzene rings is 1. The molecule has 0 atom stereocenters. The first-order valence-corrected chi connectivity index (χ1v) is 8.22. The highest BCUT2D eigenvalue weighted by molar-refractivity contribution is 7.97. The Morgan fingerprint density at radius 1 is 1.00 bits per heavy atom. The van der Waals surface area contributed by atoms with Crippen LogP contribution < -0.4 is 15.2 Å². The molecule has 7 heteroatoms. The normalized spacial score (nSPS) is 10.6. The zero-order valence-electron chi connectivity index (χ0n) is 13.5. The number of aromatic nitrogens is 2. The molecule has 0 radical (unpaired) electrons. The van der Waals surface area contributed by atoms with E-state index in [2.05, 4.69) is 9.97 Å². The molecule has 1 heterocycles. The Morgan fingerprint density at radius 3 is 2.26 bits per heavy atom. The summed E-state index contributed by atoms with van der Waals surface area (Å²) in [5.41, 5.74) is 9.05. The number of hydrogen-bond donors (Lipinski definition) is 1. The molecule has 2 aromatic rings. The Bertz CT molecular complexity index is 630. The predicted octanol–water partition coefficient (Wildman–Crippen LogP) is 2.66. The van der Waals surface area contributed by atoms with Crippen molar-refractivity contribution in [3.8, 4) is 11.8 Å². The Morgan fingerprint density at radius 2 is 1.65 bits per heavy atom. The second-order valence-electron chi connectivity index (χ2n) is 4.78. The second-order valence-corrected chi connectivity index (χ2v) is 5.77. The van der Waals surface area contributed by atoms with Crippen molar-refractivity contribution < 1.29 is 14.2 Å². The van der Waals surface area contributed by atoms with Gasteiger partial charge in [0.1, 0.15) is 5.82 Å². The van der Waals surface area contributed by atoms with Gasteiger partial charge in [0.25, 0.3) is 0 Å². The van der Waals surface area contributed by atoms with E-state index in [0.29, 0.717) is 29.9 Å². The summed E-state index contributed by atoms with van der Waals surface area (Å²) in [5, 5.41) is 0. The van der Waals surface area contributed by atoms with Crippen LogP contribution in [0.25, 0.3) is 0 Å². The molecule has 0 fully saturated rings. The average Bonchev–Trinajstić information content (AvgIpc) is 2.58. The maximum atomic E-state index is 6.18. The minimum Gasteiger partial charge on any atom is -0.481 e. The van der Waals surface area contributed by atoms with Gasteiger partial charge in [0.05, 0.1) is 32.6 Å². The molecule has 0 saturated heterocycles. The molecule has 0 unspecified atom stereocenters. The van der Waals surface area contributed by atoms with Crippen LogP contribution in [0.5, 0.6) is 11.8 Å². The highest BCUT2D eigenvalue weighted by atomic mass is 32.2. The quantitative estimate of drug-likeness (QED) is 0.743. The van der Waals surface area contributed by atoms with Gasteiger partial charge in [-0.3, -0.25) is 0 Å². The maximum Gasteiger partial charge on any atom is 0.220 e. The first-order valence-electron chi connectivity index (χ1n) is 7.06. The van der Waals surface area contributed by atoms with E-state index in [1.165, 1.54) is 0 Å². The Labute approximate surface area is 140 Å². The van der Waals surface area contributed by atoms with Crippen molar-refractivity contribution in [1.82, 2.24) is 9.97 Å². The van der Waals surface area contributed by atoms with E-state index >= 15 is 0 Å². The molecule has 0 bridgehead atoms. The van der Waals surface area contributed by atoms with Crippen LogP contribution in [-0.2, 0) is 22.8 Å². The zero-order chi connectivity index (χ0) is 16.7. The largest absolute Gasteiger partial charge is 0.481 e. The molecular formula is C16H21N3O3S. The first kappa shape index (κ1) is 17.4. The smallest absolute Gasteiger partial charge is 0.220 e. The maximum absolute atomic E-state index is 6.18. The fourth-order valence-electron chi connectivity index (χ4n) is 2.05. The lowest BCUT2D eigenvalue weighted by atomic mass is 10.1. The topological polar surface area (TPSA) is 79.5 Å². The molecular weight excluding hydrogens is 314 g/mol. The minimum atomic E-state index is 0.494. The van der Waals surface area contributed by atoms with E-state index in [1.807, 2.05) is 18.2 Å². The highest BCUT2D eigenvalue weighted by Gasteiger charge is 2.08. The van der Waals surface area contributed by atoms with Gasteiger partial charge in [0.15, 0.2) is 0 Å². The molecule has 0 aliphatic heterocycles. The Hall–Kier alpha value is -1.99. The van der Waals surface area contributed by atoms with E-state index in [0.717, 1.165) is 22.6 Å². The van der Waals surface area contributed by atoms with Crippen molar-refractivity contribution in [2.75, 3.05) is 27.1 Å². The lowest BCUT2D eigenvalue weighted by Crippen LogP contribution is -2.01. The van der Waals surface area contributed by atoms with Gasteiger partial charge in [-0.2, -0.15) is 9.97 Å². The van der Waals surface area contributed by atoms with Crippen LogP contribution in [0, 0.1) is 0 Å². The van der Waals surface area contributed by atoms with Crippen molar-refractivity contribution in [2.24, 2.45) is 0 Å². The minimum absolute atomic E-state index is 0.494. The van der Waals surface area contributed by atoms with Gasteiger partial charge >= 0.3 is 0 Å². The monoisotopic (exact) mass is 335 g/mol. The van der Waals surface area contributed by atoms with Crippen LogP contribution in [-0.4, -0.2) is 31.3 Å². The van der Waals surface area contributed by atoms with Gasteiger partial charge in [-0.1, -0.05) is 18.2 Å². The standard InChI is InChI=1S/C16H21N3O3S/c1-20-8-11-5-4-6-12(16(11)17)9-23-10-13-18-14(21-2)7-15(19-13)22-3/h4-7H,8-10,17H2,1-3H3. The van der Waals surface area contributed by atoms with Crippen molar-refractivity contribution in [3.05, 3.63) is 41.2 Å². The van der Waals surface area contributed by atoms with Gasteiger partial charge in [-0.15, -0.1) is 11.8 Å². The van der Waals surface area contributed by atoms with E-state index in [-0.39, 0.29) is 0 Å². The molecule has 1 aromatic heterocycles. The third-order valence-corrected chi connectivity index (χ3v) is 4.20. The van der Waals surface area contributed by atoms with Crippen LogP contribution in [0.4, 0.5) is 5.69 Å². The van der Waals surface area contributed by atoms with E-state index in [9.17, 15) is 0 Å². The Kier molecular flexibility index (Phi) is 6.49. The molecule has 23 heavy (non-hydrogen) atoms.